The number of ether oxygens (including phenoxy) is 2. The summed E-state index contributed by atoms with van der Waals surface area (Å²) in [5.41, 5.74) is 7.07. The van der Waals surface area contributed by atoms with Crippen molar-refractivity contribution >= 4 is 0 Å². The van der Waals surface area contributed by atoms with Gasteiger partial charge in [0, 0.05) is 17.0 Å². The highest BCUT2D eigenvalue weighted by molar-refractivity contribution is 5.39. The zero-order valence-electron chi connectivity index (χ0n) is 10.6. The van der Waals surface area contributed by atoms with E-state index >= 15 is 0 Å². The summed E-state index contributed by atoms with van der Waals surface area (Å²) in [6.45, 7) is 6.10. The molecule has 0 fully saturated rings. The van der Waals surface area contributed by atoms with Crippen molar-refractivity contribution in [2.24, 2.45) is 5.73 Å². The van der Waals surface area contributed by atoms with Gasteiger partial charge in [0.05, 0.1) is 19.8 Å². The van der Waals surface area contributed by atoms with E-state index in [1.807, 2.05) is 25.1 Å². The van der Waals surface area contributed by atoms with E-state index in [1.54, 1.807) is 0 Å². The Labute approximate surface area is 103 Å². The molecule has 0 spiro atoms. The molecule has 0 radical (unpaired) electrons. The van der Waals surface area contributed by atoms with E-state index in [-0.39, 0.29) is 5.54 Å². The number of para-hydroxylation sites is 1. The van der Waals surface area contributed by atoms with Gasteiger partial charge in [0.15, 0.2) is 0 Å². The van der Waals surface area contributed by atoms with Crippen LogP contribution in [-0.4, -0.2) is 25.4 Å². The summed E-state index contributed by atoms with van der Waals surface area (Å²) in [6, 6.07) is 8.15. The minimum Gasteiger partial charge on any atom is -0.493 e. The highest BCUT2D eigenvalue weighted by Gasteiger charge is 2.24. The van der Waals surface area contributed by atoms with Gasteiger partial charge in [-0.3, -0.25) is 0 Å². The Kier molecular flexibility index (Phi) is 3.69. The minimum absolute atomic E-state index is 0.223. The highest BCUT2D eigenvalue weighted by Crippen LogP contribution is 2.33. The summed E-state index contributed by atoms with van der Waals surface area (Å²) in [5, 5.41) is 0. The van der Waals surface area contributed by atoms with Crippen LogP contribution in [0.3, 0.4) is 0 Å². The van der Waals surface area contributed by atoms with Gasteiger partial charge >= 0.3 is 0 Å². The van der Waals surface area contributed by atoms with E-state index in [0.717, 1.165) is 12.2 Å². The van der Waals surface area contributed by atoms with Gasteiger partial charge in [-0.25, -0.2) is 0 Å². The molecule has 1 aromatic rings. The molecule has 2 atom stereocenters. The van der Waals surface area contributed by atoms with Crippen molar-refractivity contribution in [3.8, 4) is 5.75 Å². The molecule has 0 saturated heterocycles. The zero-order chi connectivity index (χ0) is 12.3. The summed E-state index contributed by atoms with van der Waals surface area (Å²) >= 11 is 0. The predicted molar refractivity (Wildman–Crippen MR) is 68.4 cm³/mol. The van der Waals surface area contributed by atoms with Crippen LogP contribution in [0.2, 0.25) is 0 Å². The first-order valence-electron chi connectivity index (χ1n) is 6.21. The van der Waals surface area contributed by atoms with Crippen LogP contribution in [0.1, 0.15) is 31.7 Å². The Morgan fingerprint density at radius 1 is 1.47 bits per heavy atom. The van der Waals surface area contributed by atoms with Crippen molar-refractivity contribution in [2.45, 2.75) is 31.7 Å². The molecule has 0 aliphatic carbocycles. The number of rotatable bonds is 5. The van der Waals surface area contributed by atoms with Gasteiger partial charge < -0.3 is 15.2 Å². The molecule has 2 rings (SSSR count). The molecule has 2 unspecified atom stereocenters. The molecule has 0 amide bonds. The third-order valence-electron chi connectivity index (χ3n) is 3.36. The average Bonchev–Trinajstić information content (AvgIpc) is 2.73. The van der Waals surface area contributed by atoms with Crippen LogP contribution in [0, 0.1) is 0 Å². The summed E-state index contributed by atoms with van der Waals surface area (Å²) in [4.78, 5) is 0. The van der Waals surface area contributed by atoms with Crippen LogP contribution >= 0.6 is 0 Å². The fraction of sp³-hybridized carbons (Fsp3) is 0.571. The Hall–Kier alpha value is -1.06. The molecule has 1 aliphatic rings. The molecule has 17 heavy (non-hydrogen) atoms. The van der Waals surface area contributed by atoms with Gasteiger partial charge in [0.2, 0.25) is 0 Å². The molecule has 0 aromatic heterocycles. The third-order valence-corrected chi connectivity index (χ3v) is 3.36. The van der Waals surface area contributed by atoms with Crippen LogP contribution < -0.4 is 10.5 Å². The Morgan fingerprint density at radius 3 is 3.00 bits per heavy atom. The molecule has 0 bridgehead atoms. The molecule has 1 heterocycles. The van der Waals surface area contributed by atoms with Crippen molar-refractivity contribution in [1.29, 1.82) is 0 Å². The lowest BCUT2D eigenvalue weighted by Crippen LogP contribution is -2.40. The lowest BCUT2D eigenvalue weighted by molar-refractivity contribution is 0.0745. The van der Waals surface area contributed by atoms with E-state index in [2.05, 4.69) is 13.0 Å². The lowest BCUT2D eigenvalue weighted by atomic mass is 10.0. The number of nitrogens with two attached hydrogens (primary N) is 1. The van der Waals surface area contributed by atoms with Crippen molar-refractivity contribution in [2.75, 3.05) is 19.8 Å². The van der Waals surface area contributed by atoms with Crippen LogP contribution in [0.5, 0.6) is 5.75 Å². The number of fused-ring (bicyclic) bond motifs is 1. The zero-order valence-corrected chi connectivity index (χ0v) is 10.6. The van der Waals surface area contributed by atoms with Crippen molar-refractivity contribution in [3.63, 3.8) is 0 Å². The smallest absolute Gasteiger partial charge is 0.123 e. The number of hydrogen-bond acceptors (Lipinski definition) is 3. The summed E-state index contributed by atoms with van der Waals surface area (Å²) in [5.74, 6) is 1.34. The molecule has 0 saturated carbocycles. The fourth-order valence-corrected chi connectivity index (χ4v) is 1.90. The maximum absolute atomic E-state index is 6.04. The molecular formula is C14H21NO2. The Balaban J connectivity index is 1.86. The van der Waals surface area contributed by atoms with E-state index in [4.69, 9.17) is 15.2 Å². The first-order valence-corrected chi connectivity index (χ1v) is 6.21. The third kappa shape index (κ3) is 2.99. The largest absolute Gasteiger partial charge is 0.493 e. The molecule has 3 nitrogen and oxygen atoms in total. The molecular weight excluding hydrogens is 214 g/mol. The molecule has 2 N–H and O–H groups in total. The van der Waals surface area contributed by atoms with Gasteiger partial charge in [-0.1, -0.05) is 25.1 Å². The van der Waals surface area contributed by atoms with E-state index < -0.39 is 0 Å². The fourth-order valence-electron chi connectivity index (χ4n) is 1.90. The molecule has 1 aromatic carbocycles. The van der Waals surface area contributed by atoms with Crippen molar-refractivity contribution < 1.29 is 9.47 Å². The van der Waals surface area contributed by atoms with Gasteiger partial charge in [-0.15, -0.1) is 0 Å². The normalized spacial score (nSPS) is 21.7. The van der Waals surface area contributed by atoms with E-state index in [9.17, 15) is 0 Å². The standard InChI is InChI=1S/C14H21NO2/c1-3-14(2,15)10-16-8-11-9-17-13-7-5-4-6-12(11)13/h4-7,11H,3,8-10,15H2,1-2H3. The number of hydrogen-bond donors (Lipinski definition) is 1. The van der Waals surface area contributed by atoms with Crippen LogP contribution in [0.15, 0.2) is 24.3 Å². The van der Waals surface area contributed by atoms with Crippen LogP contribution in [0.25, 0.3) is 0 Å². The van der Waals surface area contributed by atoms with Gasteiger partial charge in [0.25, 0.3) is 0 Å². The van der Waals surface area contributed by atoms with E-state index in [1.165, 1.54) is 5.56 Å². The topological polar surface area (TPSA) is 44.5 Å². The monoisotopic (exact) mass is 235 g/mol. The number of benzene rings is 1. The Bertz CT molecular complexity index is 376. The maximum Gasteiger partial charge on any atom is 0.123 e. The summed E-state index contributed by atoms with van der Waals surface area (Å²) < 4.78 is 11.3. The SMILES string of the molecule is CCC(C)(N)COCC1COc2ccccc21. The van der Waals surface area contributed by atoms with Gasteiger partial charge in [0.1, 0.15) is 5.75 Å². The van der Waals surface area contributed by atoms with Crippen molar-refractivity contribution in [1.82, 2.24) is 0 Å². The average molecular weight is 235 g/mol. The minimum atomic E-state index is -0.223. The molecule has 3 heteroatoms. The quantitative estimate of drug-likeness (QED) is 0.851. The first kappa shape index (κ1) is 12.4. The molecule has 1 aliphatic heterocycles. The second-order valence-corrected chi connectivity index (χ2v) is 5.07. The Morgan fingerprint density at radius 2 is 2.24 bits per heavy atom. The highest BCUT2D eigenvalue weighted by atomic mass is 16.5. The van der Waals surface area contributed by atoms with Crippen LogP contribution in [-0.2, 0) is 4.74 Å². The predicted octanol–water partition coefficient (Wildman–Crippen LogP) is 2.31. The summed E-state index contributed by atoms with van der Waals surface area (Å²) in [7, 11) is 0. The van der Waals surface area contributed by atoms with Crippen molar-refractivity contribution in [3.05, 3.63) is 29.8 Å². The molecule has 94 valence electrons. The van der Waals surface area contributed by atoms with Gasteiger partial charge in [-0.2, -0.15) is 0 Å². The summed E-state index contributed by atoms with van der Waals surface area (Å²) in [6.07, 6.45) is 0.921. The van der Waals surface area contributed by atoms with E-state index in [0.29, 0.717) is 25.7 Å². The second kappa shape index (κ2) is 5.07. The van der Waals surface area contributed by atoms with Gasteiger partial charge in [-0.05, 0) is 19.4 Å². The first-order chi connectivity index (χ1) is 8.12. The van der Waals surface area contributed by atoms with Crippen LogP contribution in [0.4, 0.5) is 0 Å². The lowest BCUT2D eigenvalue weighted by Gasteiger charge is -2.23. The second-order valence-electron chi connectivity index (χ2n) is 5.07. The maximum atomic E-state index is 6.04.